The van der Waals surface area contributed by atoms with Gasteiger partial charge in [0, 0.05) is 5.38 Å². The first-order chi connectivity index (χ1) is 16.6. The fourth-order valence-electron chi connectivity index (χ4n) is 3.13. The zero-order valence-corrected chi connectivity index (χ0v) is 19.1. The van der Waals surface area contributed by atoms with Crippen LogP contribution in [0.1, 0.15) is 16.1 Å². The van der Waals surface area contributed by atoms with Gasteiger partial charge in [0.1, 0.15) is 24.5 Å². The number of thiazole rings is 1. The van der Waals surface area contributed by atoms with Gasteiger partial charge in [-0.3, -0.25) is 4.79 Å². The van der Waals surface area contributed by atoms with Gasteiger partial charge in [0.15, 0.2) is 11.5 Å². The number of nitrogens with one attached hydrogen (secondary N) is 1. The molecule has 0 bridgehead atoms. The molecule has 0 aliphatic rings. The lowest BCUT2D eigenvalue weighted by molar-refractivity contribution is -0.116. The normalized spacial score (nSPS) is 10.5. The summed E-state index contributed by atoms with van der Waals surface area (Å²) in [6.45, 7) is -0.125. The molecule has 0 saturated carbocycles. The van der Waals surface area contributed by atoms with E-state index >= 15 is 0 Å². The van der Waals surface area contributed by atoms with Crippen molar-refractivity contribution in [2.45, 2.75) is 13.2 Å². The molecule has 0 aliphatic heterocycles. The van der Waals surface area contributed by atoms with Crippen molar-refractivity contribution in [3.8, 4) is 22.1 Å². The lowest BCUT2D eigenvalue weighted by atomic mass is 10.2. The van der Waals surface area contributed by atoms with Crippen molar-refractivity contribution in [1.82, 2.24) is 25.2 Å². The number of hydrogen-bond acceptors (Lipinski definition) is 10. The quantitative estimate of drug-likeness (QED) is 0.359. The molecule has 0 aliphatic carbocycles. The molecule has 11 nitrogen and oxygen atoms in total. The van der Waals surface area contributed by atoms with Gasteiger partial charge in [-0.05, 0) is 34.7 Å². The van der Waals surface area contributed by atoms with E-state index in [4.69, 9.17) is 14.2 Å². The lowest BCUT2D eigenvalue weighted by Gasteiger charge is -2.11. The van der Waals surface area contributed by atoms with E-state index in [0.29, 0.717) is 27.9 Å². The van der Waals surface area contributed by atoms with Crippen LogP contribution in [0.3, 0.4) is 0 Å². The molecule has 0 atom stereocenters. The number of hydrogen-bond donors (Lipinski definition) is 1. The summed E-state index contributed by atoms with van der Waals surface area (Å²) in [7, 11) is 3.14. The highest BCUT2D eigenvalue weighted by atomic mass is 32.1. The third-order valence-corrected chi connectivity index (χ3v) is 5.58. The summed E-state index contributed by atoms with van der Waals surface area (Å²) in [5.41, 5.74) is 1.90. The number of amides is 1. The number of aromatic nitrogens is 5. The fraction of sp³-hybridized carbons (Fsp3) is 0.182. The Bertz CT molecular complexity index is 1290. The third-order valence-electron chi connectivity index (χ3n) is 4.65. The van der Waals surface area contributed by atoms with Crippen LogP contribution in [0.25, 0.3) is 10.6 Å². The van der Waals surface area contributed by atoms with Gasteiger partial charge >= 0.3 is 5.97 Å². The van der Waals surface area contributed by atoms with E-state index in [1.165, 1.54) is 22.3 Å². The molecule has 1 N–H and O–H groups in total. The van der Waals surface area contributed by atoms with Gasteiger partial charge in [0.25, 0.3) is 0 Å². The van der Waals surface area contributed by atoms with Crippen molar-refractivity contribution in [1.29, 1.82) is 0 Å². The highest BCUT2D eigenvalue weighted by Gasteiger charge is 2.17. The highest BCUT2D eigenvalue weighted by molar-refractivity contribution is 7.13. The van der Waals surface area contributed by atoms with Crippen LogP contribution in [-0.2, 0) is 22.7 Å². The summed E-state index contributed by atoms with van der Waals surface area (Å²) in [4.78, 5) is 29.5. The Morgan fingerprint density at radius 3 is 2.71 bits per heavy atom. The molecule has 1 amide bonds. The third kappa shape index (κ3) is 5.18. The Kier molecular flexibility index (Phi) is 7.08. The molecule has 2 aromatic carbocycles. The Hall–Kier alpha value is -4.32. The monoisotopic (exact) mass is 480 g/mol. The summed E-state index contributed by atoms with van der Waals surface area (Å²) in [5.74, 6) is 0.201. The standard InChI is InChI=1S/C22H20N6O5S/c1-31-18-9-5-7-16(20(18)32-2)21-24-14(12-34-21)11-33-22(30)15-6-3-4-8-17(15)25-19(29)10-28-13-23-26-27-28/h3-9,12-13H,10-11H2,1-2H3,(H,25,29). The molecular weight excluding hydrogens is 460 g/mol. The van der Waals surface area contributed by atoms with E-state index in [9.17, 15) is 9.59 Å². The molecule has 0 unspecified atom stereocenters. The molecule has 34 heavy (non-hydrogen) atoms. The number of carbonyl (C=O) groups excluding carboxylic acids is 2. The lowest BCUT2D eigenvalue weighted by Crippen LogP contribution is -2.21. The maximum Gasteiger partial charge on any atom is 0.340 e. The van der Waals surface area contributed by atoms with Crippen molar-refractivity contribution < 1.29 is 23.8 Å². The Morgan fingerprint density at radius 1 is 1.09 bits per heavy atom. The zero-order valence-electron chi connectivity index (χ0n) is 18.3. The smallest absolute Gasteiger partial charge is 0.340 e. The van der Waals surface area contributed by atoms with Crippen molar-refractivity contribution >= 4 is 28.9 Å². The molecule has 4 aromatic rings. The van der Waals surface area contributed by atoms with Gasteiger partial charge in [-0.25, -0.2) is 14.5 Å². The summed E-state index contributed by atoms with van der Waals surface area (Å²) in [6.07, 6.45) is 1.32. The Balaban J connectivity index is 1.42. The van der Waals surface area contributed by atoms with Gasteiger partial charge in [0.2, 0.25) is 5.91 Å². The predicted molar refractivity (Wildman–Crippen MR) is 123 cm³/mol. The Morgan fingerprint density at radius 2 is 1.94 bits per heavy atom. The predicted octanol–water partition coefficient (Wildman–Crippen LogP) is 2.81. The van der Waals surface area contributed by atoms with E-state index in [-0.39, 0.29) is 24.6 Å². The summed E-state index contributed by atoms with van der Waals surface area (Å²) in [6, 6.07) is 12.1. The van der Waals surface area contributed by atoms with E-state index in [1.807, 2.05) is 12.1 Å². The number of rotatable bonds is 9. The number of carbonyl (C=O) groups is 2. The fourth-order valence-corrected chi connectivity index (χ4v) is 3.96. The van der Waals surface area contributed by atoms with Crippen LogP contribution in [0.2, 0.25) is 0 Å². The Labute approximate surface area is 198 Å². The maximum atomic E-state index is 12.7. The average molecular weight is 481 g/mol. The molecule has 0 radical (unpaired) electrons. The average Bonchev–Trinajstić information content (AvgIpc) is 3.54. The van der Waals surface area contributed by atoms with Gasteiger partial charge in [-0.15, -0.1) is 16.4 Å². The number of benzene rings is 2. The van der Waals surface area contributed by atoms with Gasteiger partial charge < -0.3 is 19.5 Å². The summed E-state index contributed by atoms with van der Waals surface area (Å²) in [5, 5.41) is 15.8. The minimum Gasteiger partial charge on any atom is -0.493 e. The van der Waals surface area contributed by atoms with Gasteiger partial charge in [-0.1, -0.05) is 18.2 Å². The summed E-state index contributed by atoms with van der Waals surface area (Å²) >= 11 is 1.40. The SMILES string of the molecule is COc1cccc(-c2nc(COC(=O)c3ccccc3NC(=O)Cn3cnnn3)cs2)c1OC. The number of methoxy groups -OCH3 is 2. The minimum absolute atomic E-state index is 0.0332. The first-order valence-electron chi connectivity index (χ1n) is 10.0. The number of para-hydroxylation sites is 2. The molecule has 0 saturated heterocycles. The number of anilines is 1. The van der Waals surface area contributed by atoms with Crippen LogP contribution in [0.4, 0.5) is 5.69 Å². The summed E-state index contributed by atoms with van der Waals surface area (Å²) < 4.78 is 17.5. The molecule has 174 valence electrons. The van der Waals surface area contributed by atoms with Crippen LogP contribution < -0.4 is 14.8 Å². The van der Waals surface area contributed by atoms with Crippen molar-refractivity contribution in [2.75, 3.05) is 19.5 Å². The van der Waals surface area contributed by atoms with Crippen molar-refractivity contribution in [3.63, 3.8) is 0 Å². The van der Waals surface area contributed by atoms with E-state index in [1.54, 1.807) is 49.9 Å². The molecule has 2 heterocycles. The van der Waals surface area contributed by atoms with Gasteiger partial charge in [0.05, 0.1) is 36.7 Å². The maximum absolute atomic E-state index is 12.7. The van der Waals surface area contributed by atoms with Gasteiger partial charge in [-0.2, -0.15) is 0 Å². The zero-order chi connectivity index (χ0) is 23.9. The van der Waals surface area contributed by atoms with Crippen LogP contribution in [0.15, 0.2) is 54.2 Å². The van der Waals surface area contributed by atoms with E-state index in [0.717, 1.165) is 5.56 Å². The van der Waals surface area contributed by atoms with E-state index < -0.39 is 5.97 Å². The molecular formula is C22H20N6O5S. The van der Waals surface area contributed by atoms with Crippen LogP contribution >= 0.6 is 11.3 Å². The van der Waals surface area contributed by atoms with Crippen LogP contribution in [-0.4, -0.2) is 51.3 Å². The molecule has 2 aromatic heterocycles. The minimum atomic E-state index is -0.591. The van der Waals surface area contributed by atoms with Crippen LogP contribution in [0.5, 0.6) is 11.5 Å². The van der Waals surface area contributed by atoms with E-state index in [2.05, 4.69) is 25.8 Å². The molecule has 4 rings (SSSR count). The molecule has 0 fully saturated rings. The number of tetrazole rings is 1. The number of esters is 1. The number of nitrogens with zero attached hydrogens (tertiary/aromatic N) is 5. The van der Waals surface area contributed by atoms with Crippen molar-refractivity contribution in [3.05, 3.63) is 65.4 Å². The van der Waals surface area contributed by atoms with Crippen LogP contribution in [0, 0.1) is 0 Å². The molecule has 0 spiro atoms. The highest BCUT2D eigenvalue weighted by Crippen LogP contribution is 2.39. The largest absolute Gasteiger partial charge is 0.493 e. The second kappa shape index (κ2) is 10.5. The first kappa shape index (κ1) is 22.9. The second-order valence-corrected chi connectivity index (χ2v) is 7.72. The number of ether oxygens (including phenoxy) is 3. The molecule has 12 heteroatoms. The topological polar surface area (TPSA) is 130 Å². The second-order valence-electron chi connectivity index (χ2n) is 6.86. The first-order valence-corrected chi connectivity index (χ1v) is 10.9. The van der Waals surface area contributed by atoms with Crippen molar-refractivity contribution in [2.24, 2.45) is 0 Å².